The first-order valence-electron chi connectivity index (χ1n) is 6.29. The van der Waals surface area contributed by atoms with Crippen LogP contribution < -0.4 is 4.90 Å². The van der Waals surface area contributed by atoms with Gasteiger partial charge in [-0.2, -0.15) is 4.31 Å². The van der Waals surface area contributed by atoms with Gasteiger partial charge in [0.1, 0.15) is 0 Å². The van der Waals surface area contributed by atoms with Crippen molar-refractivity contribution in [3.63, 3.8) is 0 Å². The predicted octanol–water partition coefficient (Wildman–Crippen LogP) is 1.33. The van der Waals surface area contributed by atoms with Gasteiger partial charge in [-0.25, -0.2) is 8.42 Å². The minimum atomic E-state index is -3.04. The largest absolute Gasteiger partial charge is 0.369 e. The summed E-state index contributed by atoms with van der Waals surface area (Å²) in [5, 5.41) is 0. The molecule has 0 aromatic heterocycles. The Hall–Kier alpha value is -1.07. The minimum absolute atomic E-state index is 0.578. The first-order chi connectivity index (χ1) is 8.50. The molecule has 2 rings (SSSR count). The maximum absolute atomic E-state index is 11.4. The van der Waals surface area contributed by atoms with Crippen molar-refractivity contribution in [3.8, 4) is 0 Å². The van der Waals surface area contributed by atoms with Gasteiger partial charge in [-0.15, -0.1) is 0 Å². The summed E-state index contributed by atoms with van der Waals surface area (Å²) in [6, 6.07) is 8.51. The van der Waals surface area contributed by atoms with E-state index in [1.165, 1.54) is 17.5 Å². The molecule has 0 unspecified atom stereocenters. The van der Waals surface area contributed by atoms with Gasteiger partial charge in [0.25, 0.3) is 0 Å². The number of rotatable bonds is 3. The number of sulfonamides is 1. The third-order valence-corrected chi connectivity index (χ3v) is 4.72. The van der Waals surface area contributed by atoms with E-state index in [1.807, 2.05) is 0 Å². The van der Waals surface area contributed by atoms with Crippen LogP contribution in [0.15, 0.2) is 24.3 Å². The molecule has 0 N–H and O–H groups in total. The molecule has 5 heteroatoms. The van der Waals surface area contributed by atoms with Gasteiger partial charge in [-0.3, -0.25) is 0 Å². The lowest BCUT2D eigenvalue weighted by Crippen LogP contribution is -2.48. The van der Waals surface area contributed by atoms with E-state index in [4.69, 9.17) is 0 Å². The maximum Gasteiger partial charge on any atom is 0.211 e. The molecule has 1 saturated heterocycles. The summed E-state index contributed by atoms with van der Waals surface area (Å²) in [6.07, 6.45) is 2.32. The Bertz CT molecular complexity index is 488. The fourth-order valence-electron chi connectivity index (χ4n) is 2.22. The van der Waals surface area contributed by atoms with Gasteiger partial charge in [0, 0.05) is 31.9 Å². The van der Waals surface area contributed by atoms with Crippen LogP contribution in [0.3, 0.4) is 0 Å². The van der Waals surface area contributed by atoms with E-state index < -0.39 is 10.0 Å². The van der Waals surface area contributed by atoms with Crippen LogP contribution in [0.25, 0.3) is 0 Å². The number of piperazine rings is 1. The lowest BCUT2D eigenvalue weighted by atomic mass is 10.1. The van der Waals surface area contributed by atoms with Crippen molar-refractivity contribution < 1.29 is 8.42 Å². The Kier molecular flexibility index (Phi) is 3.92. The summed E-state index contributed by atoms with van der Waals surface area (Å²) in [7, 11) is -3.04. The van der Waals surface area contributed by atoms with E-state index in [-0.39, 0.29) is 0 Å². The molecule has 0 bridgehead atoms. The van der Waals surface area contributed by atoms with Crippen molar-refractivity contribution in [2.75, 3.05) is 37.3 Å². The molecule has 4 nitrogen and oxygen atoms in total. The molecule has 1 aliphatic heterocycles. The van der Waals surface area contributed by atoms with E-state index in [2.05, 4.69) is 36.1 Å². The summed E-state index contributed by atoms with van der Waals surface area (Å²) in [5.41, 5.74) is 2.51. The van der Waals surface area contributed by atoms with Crippen LogP contribution in [0, 0.1) is 0 Å². The van der Waals surface area contributed by atoms with Gasteiger partial charge < -0.3 is 4.90 Å². The molecule has 1 aromatic rings. The fraction of sp³-hybridized carbons (Fsp3) is 0.538. The van der Waals surface area contributed by atoms with Gasteiger partial charge in [-0.05, 0) is 24.1 Å². The fourth-order valence-corrected chi connectivity index (χ4v) is 3.05. The first-order valence-corrected chi connectivity index (χ1v) is 8.14. The second-order valence-electron chi connectivity index (χ2n) is 4.67. The zero-order chi connectivity index (χ0) is 13.2. The number of anilines is 1. The average Bonchev–Trinajstić information content (AvgIpc) is 2.38. The first kappa shape index (κ1) is 13.4. The van der Waals surface area contributed by atoms with Crippen LogP contribution in [0.1, 0.15) is 12.5 Å². The van der Waals surface area contributed by atoms with Crippen molar-refractivity contribution in [1.82, 2.24) is 4.31 Å². The zero-order valence-corrected chi connectivity index (χ0v) is 11.8. The second kappa shape index (κ2) is 5.28. The third-order valence-electron chi connectivity index (χ3n) is 3.42. The highest BCUT2D eigenvalue weighted by Gasteiger charge is 2.23. The third kappa shape index (κ3) is 3.03. The number of benzene rings is 1. The summed E-state index contributed by atoms with van der Waals surface area (Å²) >= 11 is 0. The monoisotopic (exact) mass is 268 g/mol. The molecular weight excluding hydrogens is 248 g/mol. The van der Waals surface area contributed by atoms with Crippen LogP contribution in [0.5, 0.6) is 0 Å². The lowest BCUT2D eigenvalue weighted by molar-refractivity contribution is 0.388. The van der Waals surface area contributed by atoms with Gasteiger partial charge in [0.2, 0.25) is 10.0 Å². The number of hydrogen-bond acceptors (Lipinski definition) is 3. The molecule has 0 radical (unpaired) electrons. The van der Waals surface area contributed by atoms with Crippen LogP contribution >= 0.6 is 0 Å². The smallest absolute Gasteiger partial charge is 0.211 e. The SMILES string of the molecule is CCc1ccc(N2CCN(S(C)(=O)=O)CC2)cc1. The lowest BCUT2D eigenvalue weighted by Gasteiger charge is -2.34. The van der Waals surface area contributed by atoms with Crippen LogP contribution in [0.4, 0.5) is 5.69 Å². The highest BCUT2D eigenvalue weighted by Crippen LogP contribution is 2.18. The molecule has 0 amide bonds. The van der Waals surface area contributed by atoms with Gasteiger partial charge in [0.05, 0.1) is 6.26 Å². The summed E-state index contributed by atoms with van der Waals surface area (Å²) in [5.74, 6) is 0. The average molecular weight is 268 g/mol. The zero-order valence-electron chi connectivity index (χ0n) is 11.0. The van der Waals surface area contributed by atoms with E-state index >= 15 is 0 Å². The second-order valence-corrected chi connectivity index (χ2v) is 6.65. The normalized spacial score (nSPS) is 18.0. The Morgan fingerprint density at radius 1 is 1.06 bits per heavy atom. The standard InChI is InChI=1S/C13H20N2O2S/c1-3-12-4-6-13(7-5-12)14-8-10-15(11-9-14)18(2,16)17/h4-7H,3,8-11H2,1-2H3. The van der Waals surface area contributed by atoms with Crippen molar-refractivity contribution in [2.24, 2.45) is 0 Å². The van der Waals surface area contributed by atoms with Crippen LogP contribution in [0.2, 0.25) is 0 Å². The van der Waals surface area contributed by atoms with Crippen molar-refractivity contribution in [2.45, 2.75) is 13.3 Å². The number of hydrogen-bond donors (Lipinski definition) is 0. The van der Waals surface area contributed by atoms with E-state index in [0.29, 0.717) is 13.1 Å². The summed E-state index contributed by atoms with van der Waals surface area (Å²) < 4.78 is 24.4. The molecule has 0 spiro atoms. The van der Waals surface area contributed by atoms with Crippen LogP contribution in [-0.4, -0.2) is 45.2 Å². The van der Waals surface area contributed by atoms with Crippen molar-refractivity contribution in [3.05, 3.63) is 29.8 Å². The Morgan fingerprint density at radius 3 is 2.06 bits per heavy atom. The Morgan fingerprint density at radius 2 is 1.61 bits per heavy atom. The summed E-state index contributed by atoms with van der Waals surface area (Å²) in [6.45, 7) is 4.82. The highest BCUT2D eigenvalue weighted by molar-refractivity contribution is 7.88. The Balaban J connectivity index is 2.01. The van der Waals surface area contributed by atoms with Gasteiger partial charge >= 0.3 is 0 Å². The number of nitrogens with zero attached hydrogens (tertiary/aromatic N) is 2. The van der Waals surface area contributed by atoms with Crippen LogP contribution in [-0.2, 0) is 16.4 Å². The van der Waals surface area contributed by atoms with E-state index in [0.717, 1.165) is 19.5 Å². The van der Waals surface area contributed by atoms with Crippen molar-refractivity contribution in [1.29, 1.82) is 0 Å². The molecule has 1 heterocycles. The van der Waals surface area contributed by atoms with E-state index in [1.54, 1.807) is 4.31 Å². The number of aryl methyl sites for hydroxylation is 1. The molecular formula is C13H20N2O2S. The van der Waals surface area contributed by atoms with Gasteiger partial charge in [-0.1, -0.05) is 19.1 Å². The van der Waals surface area contributed by atoms with Crippen molar-refractivity contribution >= 4 is 15.7 Å². The molecule has 0 saturated carbocycles. The van der Waals surface area contributed by atoms with E-state index in [9.17, 15) is 8.42 Å². The maximum atomic E-state index is 11.4. The quantitative estimate of drug-likeness (QED) is 0.830. The highest BCUT2D eigenvalue weighted by atomic mass is 32.2. The molecule has 1 fully saturated rings. The molecule has 1 aromatic carbocycles. The molecule has 1 aliphatic rings. The minimum Gasteiger partial charge on any atom is -0.369 e. The molecule has 0 aliphatic carbocycles. The van der Waals surface area contributed by atoms with Gasteiger partial charge in [0.15, 0.2) is 0 Å². The molecule has 100 valence electrons. The molecule has 18 heavy (non-hydrogen) atoms. The topological polar surface area (TPSA) is 40.6 Å². The molecule has 0 atom stereocenters. The summed E-state index contributed by atoms with van der Waals surface area (Å²) in [4.78, 5) is 2.24. The Labute approximate surface area is 109 Å². The predicted molar refractivity (Wildman–Crippen MR) is 74.4 cm³/mol.